The first-order chi connectivity index (χ1) is 8.10. The minimum Gasteiger partial charge on any atom is -0.338 e. The van der Waals surface area contributed by atoms with Gasteiger partial charge in [-0.1, -0.05) is 0 Å². The lowest BCUT2D eigenvalue weighted by atomic mass is 10.2. The molecule has 17 heavy (non-hydrogen) atoms. The van der Waals surface area contributed by atoms with Crippen molar-refractivity contribution >= 4 is 17.7 Å². The van der Waals surface area contributed by atoms with E-state index < -0.39 is 0 Å². The van der Waals surface area contributed by atoms with Crippen LogP contribution in [0.25, 0.3) is 0 Å². The predicted molar refractivity (Wildman–Crippen MR) is 72.1 cm³/mol. The standard InChI is InChI=1S/C12H19N3OS/c1-9(8-17-3)15(2)12(16)10-4-5-14-11(6-10)7-13/h4-6,9H,7-8,13H2,1-3H3. The van der Waals surface area contributed by atoms with Gasteiger partial charge in [-0.3, -0.25) is 9.78 Å². The fourth-order valence-electron chi connectivity index (χ4n) is 1.48. The van der Waals surface area contributed by atoms with Crippen LogP contribution >= 0.6 is 11.8 Å². The number of thioether (sulfide) groups is 1. The maximum Gasteiger partial charge on any atom is 0.253 e. The van der Waals surface area contributed by atoms with Crippen molar-refractivity contribution in [2.45, 2.75) is 19.5 Å². The van der Waals surface area contributed by atoms with Crippen molar-refractivity contribution in [3.05, 3.63) is 29.6 Å². The fourth-order valence-corrected chi connectivity index (χ4v) is 2.19. The topological polar surface area (TPSA) is 59.2 Å². The van der Waals surface area contributed by atoms with Crippen molar-refractivity contribution in [3.63, 3.8) is 0 Å². The molecule has 1 heterocycles. The Labute approximate surface area is 107 Å². The molecule has 1 amide bonds. The average Bonchev–Trinajstić information content (AvgIpc) is 2.37. The lowest BCUT2D eigenvalue weighted by Crippen LogP contribution is -2.36. The Morgan fingerprint density at radius 2 is 2.35 bits per heavy atom. The number of carbonyl (C=O) groups is 1. The van der Waals surface area contributed by atoms with Gasteiger partial charge >= 0.3 is 0 Å². The van der Waals surface area contributed by atoms with Crippen molar-refractivity contribution in [1.29, 1.82) is 0 Å². The normalized spacial score (nSPS) is 12.2. The van der Waals surface area contributed by atoms with Gasteiger partial charge in [-0.2, -0.15) is 11.8 Å². The molecule has 0 saturated carbocycles. The summed E-state index contributed by atoms with van der Waals surface area (Å²) in [7, 11) is 1.83. The van der Waals surface area contributed by atoms with Gasteiger partial charge in [0, 0.05) is 37.1 Å². The van der Waals surface area contributed by atoms with Crippen LogP contribution in [-0.2, 0) is 6.54 Å². The maximum atomic E-state index is 12.2. The summed E-state index contributed by atoms with van der Waals surface area (Å²) >= 11 is 1.73. The number of hydrogen-bond donors (Lipinski definition) is 1. The Bertz CT molecular complexity index is 384. The van der Waals surface area contributed by atoms with Crippen LogP contribution in [-0.4, -0.2) is 40.9 Å². The number of rotatable bonds is 5. The van der Waals surface area contributed by atoms with E-state index in [4.69, 9.17) is 5.73 Å². The molecule has 0 aliphatic rings. The molecule has 1 rings (SSSR count). The number of pyridine rings is 1. The Morgan fingerprint density at radius 3 is 2.94 bits per heavy atom. The molecule has 1 aromatic heterocycles. The van der Waals surface area contributed by atoms with Gasteiger partial charge in [-0.25, -0.2) is 0 Å². The van der Waals surface area contributed by atoms with E-state index in [0.29, 0.717) is 12.1 Å². The molecule has 5 heteroatoms. The highest BCUT2D eigenvalue weighted by molar-refractivity contribution is 7.98. The van der Waals surface area contributed by atoms with E-state index in [9.17, 15) is 4.79 Å². The average molecular weight is 253 g/mol. The summed E-state index contributed by atoms with van der Waals surface area (Å²) in [4.78, 5) is 18.0. The van der Waals surface area contributed by atoms with Crippen molar-refractivity contribution in [1.82, 2.24) is 9.88 Å². The van der Waals surface area contributed by atoms with Gasteiger partial charge in [0.2, 0.25) is 0 Å². The molecule has 2 N–H and O–H groups in total. The largest absolute Gasteiger partial charge is 0.338 e. The Hall–Kier alpha value is -1.07. The summed E-state index contributed by atoms with van der Waals surface area (Å²) in [6, 6.07) is 3.70. The molecule has 1 aromatic rings. The van der Waals surface area contributed by atoms with Gasteiger partial charge in [0.25, 0.3) is 5.91 Å². The van der Waals surface area contributed by atoms with E-state index in [1.54, 1.807) is 35.0 Å². The van der Waals surface area contributed by atoms with Crippen molar-refractivity contribution in [2.24, 2.45) is 5.73 Å². The first-order valence-corrected chi connectivity index (χ1v) is 6.90. The van der Waals surface area contributed by atoms with Crippen LogP contribution in [0.2, 0.25) is 0 Å². The lowest BCUT2D eigenvalue weighted by molar-refractivity contribution is 0.0757. The monoisotopic (exact) mass is 253 g/mol. The molecule has 94 valence electrons. The molecule has 0 fully saturated rings. The van der Waals surface area contributed by atoms with Crippen LogP contribution in [0.15, 0.2) is 18.3 Å². The fraction of sp³-hybridized carbons (Fsp3) is 0.500. The molecular weight excluding hydrogens is 234 g/mol. The van der Waals surface area contributed by atoms with Gasteiger partial charge in [0.1, 0.15) is 0 Å². The molecular formula is C12H19N3OS. The lowest BCUT2D eigenvalue weighted by Gasteiger charge is -2.24. The second kappa shape index (κ2) is 6.61. The quantitative estimate of drug-likeness (QED) is 0.861. The Balaban J connectivity index is 2.80. The van der Waals surface area contributed by atoms with E-state index in [0.717, 1.165) is 11.4 Å². The summed E-state index contributed by atoms with van der Waals surface area (Å²) in [6.45, 7) is 2.39. The van der Waals surface area contributed by atoms with E-state index >= 15 is 0 Å². The summed E-state index contributed by atoms with van der Waals surface area (Å²) in [5.41, 5.74) is 6.90. The summed E-state index contributed by atoms with van der Waals surface area (Å²) in [5.74, 6) is 0.945. The summed E-state index contributed by atoms with van der Waals surface area (Å²) in [5, 5.41) is 0. The minimum absolute atomic E-state index is 0.0173. The number of aromatic nitrogens is 1. The number of nitrogens with zero attached hydrogens (tertiary/aromatic N) is 2. The molecule has 0 saturated heterocycles. The summed E-state index contributed by atoms with van der Waals surface area (Å²) < 4.78 is 0. The van der Waals surface area contributed by atoms with Crippen LogP contribution in [0.4, 0.5) is 0 Å². The zero-order valence-corrected chi connectivity index (χ0v) is 11.3. The predicted octanol–water partition coefficient (Wildman–Crippen LogP) is 1.36. The van der Waals surface area contributed by atoms with Gasteiger partial charge in [0.05, 0.1) is 5.69 Å². The van der Waals surface area contributed by atoms with E-state index in [2.05, 4.69) is 4.98 Å². The van der Waals surface area contributed by atoms with Crippen LogP contribution in [0.3, 0.4) is 0 Å². The molecule has 0 spiro atoms. The van der Waals surface area contributed by atoms with Gasteiger partial charge in [-0.05, 0) is 25.3 Å². The third kappa shape index (κ3) is 3.71. The number of carbonyl (C=O) groups excluding carboxylic acids is 1. The summed E-state index contributed by atoms with van der Waals surface area (Å²) in [6.07, 6.45) is 3.66. The SMILES string of the molecule is CSCC(C)N(C)C(=O)c1ccnc(CN)c1. The smallest absolute Gasteiger partial charge is 0.253 e. The zero-order valence-electron chi connectivity index (χ0n) is 10.5. The zero-order chi connectivity index (χ0) is 12.8. The molecule has 0 aromatic carbocycles. The van der Waals surface area contributed by atoms with E-state index in [-0.39, 0.29) is 11.9 Å². The third-order valence-corrected chi connectivity index (χ3v) is 3.48. The molecule has 1 unspecified atom stereocenters. The first-order valence-electron chi connectivity index (χ1n) is 5.51. The molecule has 0 aliphatic carbocycles. The highest BCUT2D eigenvalue weighted by Gasteiger charge is 2.17. The molecule has 0 bridgehead atoms. The highest BCUT2D eigenvalue weighted by Crippen LogP contribution is 2.10. The Kier molecular flexibility index (Phi) is 5.44. The second-order valence-corrected chi connectivity index (χ2v) is 4.87. The van der Waals surface area contributed by atoms with Crippen LogP contribution in [0.5, 0.6) is 0 Å². The van der Waals surface area contributed by atoms with Crippen molar-refractivity contribution < 1.29 is 4.79 Å². The number of amides is 1. The molecule has 4 nitrogen and oxygen atoms in total. The Morgan fingerprint density at radius 1 is 1.65 bits per heavy atom. The van der Waals surface area contributed by atoms with E-state index in [1.165, 1.54) is 0 Å². The number of hydrogen-bond acceptors (Lipinski definition) is 4. The highest BCUT2D eigenvalue weighted by atomic mass is 32.2. The number of nitrogens with two attached hydrogens (primary N) is 1. The molecule has 0 radical (unpaired) electrons. The van der Waals surface area contributed by atoms with Gasteiger partial charge in [-0.15, -0.1) is 0 Å². The van der Waals surface area contributed by atoms with Crippen LogP contribution in [0, 0.1) is 0 Å². The van der Waals surface area contributed by atoms with Crippen molar-refractivity contribution in [3.8, 4) is 0 Å². The molecule has 0 aliphatic heterocycles. The van der Waals surface area contributed by atoms with E-state index in [1.807, 2.05) is 20.2 Å². The van der Waals surface area contributed by atoms with Gasteiger partial charge < -0.3 is 10.6 Å². The second-order valence-electron chi connectivity index (χ2n) is 3.96. The van der Waals surface area contributed by atoms with Crippen LogP contribution in [0.1, 0.15) is 23.0 Å². The molecule has 1 atom stereocenters. The van der Waals surface area contributed by atoms with Crippen molar-refractivity contribution in [2.75, 3.05) is 19.1 Å². The third-order valence-electron chi connectivity index (χ3n) is 2.66. The van der Waals surface area contributed by atoms with Crippen LogP contribution < -0.4 is 5.73 Å². The minimum atomic E-state index is 0.0173. The van der Waals surface area contributed by atoms with Gasteiger partial charge in [0.15, 0.2) is 0 Å². The first kappa shape index (κ1) is 14.0. The maximum absolute atomic E-state index is 12.2.